The molecule has 3 amide bonds. The number of aromatic hydroxyl groups is 1. The van der Waals surface area contributed by atoms with Gasteiger partial charge in [-0.15, -0.1) is 0 Å². The number of carboxylic acids is 2. The number of hydrogen-bond acceptors (Lipinski definition) is 7. The first-order valence-electron chi connectivity index (χ1n) is 12.8. The summed E-state index contributed by atoms with van der Waals surface area (Å²) in [6.45, 7) is 3.65. The molecule has 216 valence electrons. The normalized spacial score (nSPS) is 13.9. The fourth-order valence-electron chi connectivity index (χ4n) is 3.93. The van der Waals surface area contributed by atoms with E-state index in [-0.39, 0.29) is 30.9 Å². The molecule has 0 saturated carbocycles. The Bertz CT molecular complexity index is 1170. The van der Waals surface area contributed by atoms with Crippen LogP contribution in [0.4, 0.5) is 0 Å². The number of aliphatic carboxylic acids is 2. The van der Waals surface area contributed by atoms with Gasteiger partial charge in [-0.1, -0.05) is 56.3 Å². The van der Waals surface area contributed by atoms with Gasteiger partial charge in [0.15, 0.2) is 0 Å². The molecule has 4 unspecified atom stereocenters. The van der Waals surface area contributed by atoms with Crippen molar-refractivity contribution in [2.24, 2.45) is 11.7 Å². The summed E-state index contributed by atoms with van der Waals surface area (Å²) >= 11 is 0. The second-order valence-electron chi connectivity index (χ2n) is 9.92. The highest BCUT2D eigenvalue weighted by Crippen LogP contribution is 2.13. The number of carbonyl (C=O) groups excluding carboxylic acids is 3. The van der Waals surface area contributed by atoms with Crippen molar-refractivity contribution in [2.45, 2.75) is 63.7 Å². The van der Waals surface area contributed by atoms with Gasteiger partial charge < -0.3 is 37.0 Å². The van der Waals surface area contributed by atoms with Crippen LogP contribution in [-0.4, -0.2) is 69.1 Å². The standard InChI is InChI=1S/C28H36N4O8/c1-16(2)12-21(26(37)32-23(28(39)40)14-17-6-4-3-5-7-17)31-27(38)22(13-18-8-10-19(33)11-9-18)30-25(36)20(29)15-24(34)35/h3-11,16,20-23,33H,12-15,29H2,1-2H3,(H,30,36)(H,31,38)(H,32,37)(H,34,35)(H,39,40). The molecule has 12 nitrogen and oxygen atoms in total. The molecule has 0 fully saturated rings. The molecule has 8 N–H and O–H groups in total. The lowest BCUT2D eigenvalue weighted by Crippen LogP contribution is -2.58. The third-order valence-electron chi connectivity index (χ3n) is 5.98. The number of nitrogens with one attached hydrogen (secondary N) is 3. The second-order valence-corrected chi connectivity index (χ2v) is 9.92. The molecule has 12 heteroatoms. The van der Waals surface area contributed by atoms with E-state index in [0.29, 0.717) is 11.1 Å². The highest BCUT2D eigenvalue weighted by molar-refractivity contribution is 5.95. The summed E-state index contributed by atoms with van der Waals surface area (Å²) in [6.07, 6.45) is -0.506. The molecule has 0 aliphatic rings. The molecule has 0 aromatic heterocycles. The Morgan fingerprint density at radius 3 is 1.77 bits per heavy atom. The van der Waals surface area contributed by atoms with Gasteiger partial charge in [-0.05, 0) is 35.6 Å². The predicted molar refractivity (Wildman–Crippen MR) is 145 cm³/mol. The largest absolute Gasteiger partial charge is 0.508 e. The highest BCUT2D eigenvalue weighted by Gasteiger charge is 2.31. The summed E-state index contributed by atoms with van der Waals surface area (Å²) in [4.78, 5) is 62.0. The molecule has 2 rings (SSSR count). The quantitative estimate of drug-likeness (QED) is 0.163. The zero-order chi connectivity index (χ0) is 29.8. The molecular weight excluding hydrogens is 520 g/mol. The first kappa shape index (κ1) is 31.8. The number of amides is 3. The average molecular weight is 557 g/mol. The van der Waals surface area contributed by atoms with E-state index >= 15 is 0 Å². The van der Waals surface area contributed by atoms with Gasteiger partial charge in [0.05, 0.1) is 12.5 Å². The molecule has 0 saturated heterocycles. The zero-order valence-corrected chi connectivity index (χ0v) is 22.4. The van der Waals surface area contributed by atoms with Crippen molar-refractivity contribution in [3.8, 4) is 5.75 Å². The van der Waals surface area contributed by atoms with Crippen LogP contribution >= 0.6 is 0 Å². The molecule has 2 aromatic carbocycles. The van der Waals surface area contributed by atoms with Crippen LogP contribution in [0.15, 0.2) is 54.6 Å². The fourth-order valence-corrected chi connectivity index (χ4v) is 3.93. The van der Waals surface area contributed by atoms with E-state index in [1.54, 1.807) is 30.3 Å². The molecule has 0 bridgehead atoms. The number of benzene rings is 2. The van der Waals surface area contributed by atoms with Crippen molar-refractivity contribution in [1.82, 2.24) is 16.0 Å². The van der Waals surface area contributed by atoms with Crippen LogP contribution in [0, 0.1) is 5.92 Å². The highest BCUT2D eigenvalue weighted by atomic mass is 16.4. The van der Waals surface area contributed by atoms with E-state index in [0.717, 1.165) is 0 Å². The van der Waals surface area contributed by atoms with Gasteiger partial charge in [-0.3, -0.25) is 19.2 Å². The predicted octanol–water partition coefficient (Wildman–Crippen LogP) is 0.565. The second kappa shape index (κ2) is 15.2. The van der Waals surface area contributed by atoms with Gasteiger partial charge in [0.2, 0.25) is 17.7 Å². The topological polar surface area (TPSA) is 208 Å². The minimum Gasteiger partial charge on any atom is -0.508 e. The van der Waals surface area contributed by atoms with E-state index in [4.69, 9.17) is 10.8 Å². The summed E-state index contributed by atoms with van der Waals surface area (Å²) in [5.74, 6) is -4.93. The Hall–Kier alpha value is -4.45. The summed E-state index contributed by atoms with van der Waals surface area (Å²) in [5, 5.41) is 35.8. The zero-order valence-electron chi connectivity index (χ0n) is 22.4. The fraction of sp³-hybridized carbons (Fsp3) is 0.393. The number of rotatable bonds is 15. The molecule has 2 aromatic rings. The maximum absolute atomic E-state index is 13.4. The molecule has 0 radical (unpaired) electrons. The number of phenols is 1. The van der Waals surface area contributed by atoms with Gasteiger partial charge in [-0.2, -0.15) is 0 Å². The first-order chi connectivity index (χ1) is 18.8. The summed E-state index contributed by atoms with van der Waals surface area (Å²) in [6, 6.07) is 9.60. The Labute approximate surface area is 232 Å². The molecule has 4 atom stereocenters. The van der Waals surface area contributed by atoms with E-state index in [9.17, 15) is 34.2 Å². The van der Waals surface area contributed by atoms with Crippen LogP contribution in [0.25, 0.3) is 0 Å². The number of carbonyl (C=O) groups is 5. The van der Waals surface area contributed by atoms with Crippen LogP contribution in [0.1, 0.15) is 37.8 Å². The first-order valence-corrected chi connectivity index (χ1v) is 12.8. The number of hydrogen-bond donors (Lipinski definition) is 7. The van der Waals surface area contributed by atoms with Gasteiger partial charge in [0, 0.05) is 12.8 Å². The van der Waals surface area contributed by atoms with E-state index in [1.165, 1.54) is 24.3 Å². The average Bonchev–Trinajstić information content (AvgIpc) is 2.88. The van der Waals surface area contributed by atoms with Gasteiger partial charge in [0.1, 0.15) is 23.9 Å². The lowest BCUT2D eigenvalue weighted by molar-refractivity contribution is -0.142. The van der Waals surface area contributed by atoms with Crippen molar-refractivity contribution in [3.63, 3.8) is 0 Å². The Morgan fingerprint density at radius 1 is 0.725 bits per heavy atom. The van der Waals surface area contributed by atoms with E-state index < -0.39 is 60.2 Å². The van der Waals surface area contributed by atoms with Crippen molar-refractivity contribution in [3.05, 3.63) is 65.7 Å². The molecule has 40 heavy (non-hydrogen) atoms. The number of carboxylic acid groups (broad SMARTS) is 2. The van der Waals surface area contributed by atoms with E-state index in [2.05, 4.69) is 16.0 Å². The third kappa shape index (κ3) is 10.7. The minimum atomic E-state index is -1.42. The molecular formula is C28H36N4O8. The van der Waals surface area contributed by atoms with Crippen molar-refractivity contribution in [1.29, 1.82) is 0 Å². The van der Waals surface area contributed by atoms with Crippen LogP contribution in [0.3, 0.4) is 0 Å². The summed E-state index contributed by atoms with van der Waals surface area (Å²) in [7, 11) is 0. The SMILES string of the molecule is CC(C)CC(NC(=O)C(Cc1ccc(O)cc1)NC(=O)C(N)CC(=O)O)C(=O)NC(Cc1ccccc1)C(=O)O. The van der Waals surface area contributed by atoms with Gasteiger partial charge in [-0.25, -0.2) is 4.79 Å². The van der Waals surface area contributed by atoms with Crippen molar-refractivity contribution >= 4 is 29.7 Å². The number of phenolic OH excluding ortho intramolecular Hbond substituents is 1. The Balaban J connectivity index is 2.24. The molecule has 0 aliphatic heterocycles. The van der Waals surface area contributed by atoms with Crippen LogP contribution in [0.2, 0.25) is 0 Å². The summed E-state index contributed by atoms with van der Waals surface area (Å²) in [5.41, 5.74) is 6.93. The monoisotopic (exact) mass is 556 g/mol. The van der Waals surface area contributed by atoms with E-state index in [1.807, 2.05) is 13.8 Å². The molecule has 0 heterocycles. The Morgan fingerprint density at radius 2 is 1.23 bits per heavy atom. The van der Waals surface area contributed by atoms with Gasteiger partial charge in [0.25, 0.3) is 0 Å². The maximum Gasteiger partial charge on any atom is 0.326 e. The van der Waals surface area contributed by atoms with Crippen LogP contribution in [-0.2, 0) is 36.8 Å². The lowest BCUT2D eigenvalue weighted by atomic mass is 9.99. The van der Waals surface area contributed by atoms with Gasteiger partial charge >= 0.3 is 11.9 Å². The smallest absolute Gasteiger partial charge is 0.326 e. The third-order valence-corrected chi connectivity index (χ3v) is 5.98. The van der Waals surface area contributed by atoms with Crippen LogP contribution < -0.4 is 21.7 Å². The van der Waals surface area contributed by atoms with Crippen molar-refractivity contribution in [2.75, 3.05) is 0 Å². The molecule has 0 aliphatic carbocycles. The van der Waals surface area contributed by atoms with Crippen LogP contribution in [0.5, 0.6) is 5.75 Å². The Kier molecular flexibility index (Phi) is 12.1. The minimum absolute atomic E-state index is 0.00516. The number of nitrogens with two attached hydrogens (primary N) is 1. The summed E-state index contributed by atoms with van der Waals surface area (Å²) < 4.78 is 0. The van der Waals surface area contributed by atoms with Crippen molar-refractivity contribution < 1.29 is 39.3 Å². The lowest BCUT2D eigenvalue weighted by Gasteiger charge is -2.26. The maximum atomic E-state index is 13.4. The molecule has 0 spiro atoms.